The molecular formula is C15H24N2O2. The monoisotopic (exact) mass is 264 g/mol. The lowest BCUT2D eigenvalue weighted by atomic mass is 10.1. The second kappa shape index (κ2) is 7.79. The first-order valence-electron chi connectivity index (χ1n) is 6.87. The minimum absolute atomic E-state index is 0.137. The molecule has 0 radical (unpaired) electrons. The molecule has 0 fully saturated rings. The molecule has 19 heavy (non-hydrogen) atoms. The Morgan fingerprint density at radius 3 is 2.37 bits per heavy atom. The molecule has 4 nitrogen and oxygen atoms in total. The minimum atomic E-state index is -0.178. The van der Waals surface area contributed by atoms with Crippen molar-refractivity contribution in [1.29, 1.82) is 0 Å². The quantitative estimate of drug-likeness (QED) is 0.607. The number of benzene rings is 1. The summed E-state index contributed by atoms with van der Waals surface area (Å²) in [5, 5.41) is 0. The molecule has 0 spiro atoms. The van der Waals surface area contributed by atoms with Gasteiger partial charge in [-0.15, -0.1) is 0 Å². The molecule has 0 heterocycles. The molecule has 1 atom stereocenters. The number of esters is 1. The molecule has 0 aliphatic carbocycles. The first kappa shape index (κ1) is 15.5. The lowest BCUT2D eigenvalue weighted by molar-refractivity contribution is -0.149. The molecule has 0 bridgehead atoms. The van der Waals surface area contributed by atoms with E-state index in [1.165, 1.54) is 0 Å². The van der Waals surface area contributed by atoms with Gasteiger partial charge in [-0.05, 0) is 37.6 Å². The van der Waals surface area contributed by atoms with E-state index in [1.807, 2.05) is 38.1 Å². The zero-order chi connectivity index (χ0) is 14.3. The Morgan fingerprint density at radius 2 is 1.89 bits per heavy atom. The third kappa shape index (κ3) is 4.56. The Bertz CT molecular complexity index is 390. The summed E-state index contributed by atoms with van der Waals surface area (Å²) in [6, 6.07) is 7.58. The minimum Gasteiger partial charge on any atom is -0.465 e. The number of nitrogens with zero attached hydrogens (tertiary/aromatic N) is 1. The van der Waals surface area contributed by atoms with Crippen LogP contribution in [0.15, 0.2) is 24.3 Å². The molecule has 1 rings (SSSR count). The van der Waals surface area contributed by atoms with E-state index in [0.717, 1.165) is 30.8 Å². The number of nitrogen functional groups attached to an aromatic ring is 1. The van der Waals surface area contributed by atoms with Gasteiger partial charge in [0, 0.05) is 12.2 Å². The summed E-state index contributed by atoms with van der Waals surface area (Å²) in [6.07, 6.45) is 0.752. The average molecular weight is 264 g/mol. The summed E-state index contributed by atoms with van der Waals surface area (Å²) < 4.78 is 5.13. The Labute approximate surface area is 115 Å². The SMILES string of the molecule is CCOC(=O)C(CC)N(CC)Cc1ccc(N)cc1. The van der Waals surface area contributed by atoms with Crippen molar-refractivity contribution < 1.29 is 9.53 Å². The lowest BCUT2D eigenvalue weighted by Gasteiger charge is -2.28. The number of hydrogen-bond donors (Lipinski definition) is 1. The molecule has 0 saturated carbocycles. The fourth-order valence-corrected chi connectivity index (χ4v) is 2.11. The molecule has 2 N–H and O–H groups in total. The fraction of sp³-hybridized carbons (Fsp3) is 0.533. The van der Waals surface area contributed by atoms with Crippen molar-refractivity contribution in [3.05, 3.63) is 29.8 Å². The van der Waals surface area contributed by atoms with E-state index in [-0.39, 0.29) is 12.0 Å². The molecule has 1 unspecified atom stereocenters. The number of carbonyl (C=O) groups is 1. The van der Waals surface area contributed by atoms with Crippen LogP contribution >= 0.6 is 0 Å². The van der Waals surface area contributed by atoms with Crippen molar-refractivity contribution in [2.45, 2.75) is 39.8 Å². The number of likely N-dealkylation sites (N-methyl/N-ethyl adjacent to an activating group) is 1. The van der Waals surface area contributed by atoms with Crippen molar-refractivity contribution in [3.8, 4) is 0 Å². The van der Waals surface area contributed by atoms with Crippen LogP contribution in [0.2, 0.25) is 0 Å². The summed E-state index contributed by atoms with van der Waals surface area (Å²) in [5.74, 6) is -0.137. The van der Waals surface area contributed by atoms with Gasteiger partial charge in [0.25, 0.3) is 0 Å². The Kier molecular flexibility index (Phi) is 6.36. The number of rotatable bonds is 7. The Morgan fingerprint density at radius 1 is 1.26 bits per heavy atom. The first-order valence-corrected chi connectivity index (χ1v) is 6.87. The highest BCUT2D eigenvalue weighted by molar-refractivity contribution is 5.75. The summed E-state index contributed by atoms with van der Waals surface area (Å²) in [7, 11) is 0. The van der Waals surface area contributed by atoms with Gasteiger partial charge in [0.05, 0.1) is 6.61 Å². The van der Waals surface area contributed by atoms with Crippen molar-refractivity contribution >= 4 is 11.7 Å². The highest BCUT2D eigenvalue weighted by atomic mass is 16.5. The van der Waals surface area contributed by atoms with E-state index in [9.17, 15) is 4.79 Å². The predicted octanol–water partition coefficient (Wildman–Crippen LogP) is 2.43. The summed E-state index contributed by atoms with van der Waals surface area (Å²) >= 11 is 0. The molecule has 0 aliphatic rings. The number of ether oxygens (including phenoxy) is 1. The van der Waals surface area contributed by atoms with Crippen LogP contribution in [0.5, 0.6) is 0 Å². The standard InChI is InChI=1S/C15H24N2O2/c1-4-14(15(18)19-6-3)17(5-2)11-12-7-9-13(16)10-8-12/h7-10,14H,4-6,11,16H2,1-3H3. The highest BCUT2D eigenvalue weighted by Crippen LogP contribution is 2.13. The lowest BCUT2D eigenvalue weighted by Crippen LogP contribution is -2.41. The summed E-state index contributed by atoms with van der Waals surface area (Å²) in [6.45, 7) is 7.86. The molecule has 1 aromatic rings. The average Bonchev–Trinajstić information content (AvgIpc) is 2.41. The molecule has 1 aromatic carbocycles. The maximum absolute atomic E-state index is 11.9. The summed E-state index contributed by atoms with van der Waals surface area (Å²) in [5.41, 5.74) is 7.58. The number of hydrogen-bond acceptors (Lipinski definition) is 4. The zero-order valence-corrected chi connectivity index (χ0v) is 12.1. The van der Waals surface area contributed by atoms with Gasteiger partial charge >= 0.3 is 5.97 Å². The van der Waals surface area contributed by atoms with Gasteiger partial charge in [-0.25, -0.2) is 0 Å². The molecule has 0 aliphatic heterocycles. The van der Waals surface area contributed by atoms with Gasteiger partial charge in [0.1, 0.15) is 6.04 Å². The van der Waals surface area contributed by atoms with Crippen LogP contribution < -0.4 is 5.73 Å². The maximum atomic E-state index is 11.9. The van der Waals surface area contributed by atoms with E-state index >= 15 is 0 Å². The Hall–Kier alpha value is -1.55. The molecule has 0 aromatic heterocycles. The van der Waals surface area contributed by atoms with Crippen LogP contribution in [0.3, 0.4) is 0 Å². The highest BCUT2D eigenvalue weighted by Gasteiger charge is 2.24. The topological polar surface area (TPSA) is 55.6 Å². The van der Waals surface area contributed by atoms with Gasteiger partial charge in [0.15, 0.2) is 0 Å². The van der Waals surface area contributed by atoms with Crippen molar-refractivity contribution in [3.63, 3.8) is 0 Å². The predicted molar refractivity (Wildman–Crippen MR) is 77.7 cm³/mol. The van der Waals surface area contributed by atoms with Crippen LogP contribution in [0, 0.1) is 0 Å². The van der Waals surface area contributed by atoms with Gasteiger partial charge in [-0.1, -0.05) is 26.0 Å². The van der Waals surface area contributed by atoms with Crippen LogP contribution in [-0.2, 0) is 16.1 Å². The van der Waals surface area contributed by atoms with Crippen molar-refractivity contribution in [2.75, 3.05) is 18.9 Å². The molecular weight excluding hydrogens is 240 g/mol. The van der Waals surface area contributed by atoms with Crippen molar-refractivity contribution in [2.24, 2.45) is 0 Å². The Balaban J connectivity index is 2.74. The first-order chi connectivity index (χ1) is 9.12. The van der Waals surface area contributed by atoms with Gasteiger partial charge < -0.3 is 10.5 Å². The number of carbonyl (C=O) groups excluding carboxylic acids is 1. The van der Waals surface area contributed by atoms with E-state index in [4.69, 9.17) is 10.5 Å². The van der Waals surface area contributed by atoms with Gasteiger partial charge in [-0.3, -0.25) is 9.69 Å². The van der Waals surface area contributed by atoms with Gasteiger partial charge in [-0.2, -0.15) is 0 Å². The van der Waals surface area contributed by atoms with Crippen LogP contribution in [-0.4, -0.2) is 30.1 Å². The second-order valence-electron chi connectivity index (χ2n) is 4.48. The third-order valence-electron chi connectivity index (χ3n) is 3.16. The molecule has 0 saturated heterocycles. The van der Waals surface area contributed by atoms with E-state index in [1.54, 1.807) is 0 Å². The largest absolute Gasteiger partial charge is 0.465 e. The van der Waals surface area contributed by atoms with Gasteiger partial charge in [0.2, 0.25) is 0 Å². The number of anilines is 1. The van der Waals surface area contributed by atoms with E-state index in [2.05, 4.69) is 11.8 Å². The third-order valence-corrected chi connectivity index (χ3v) is 3.16. The molecule has 106 valence electrons. The summed E-state index contributed by atoms with van der Waals surface area (Å²) in [4.78, 5) is 14.1. The van der Waals surface area contributed by atoms with Crippen LogP contribution in [0.4, 0.5) is 5.69 Å². The molecule has 0 amide bonds. The molecule has 4 heteroatoms. The van der Waals surface area contributed by atoms with Crippen molar-refractivity contribution in [1.82, 2.24) is 4.90 Å². The van der Waals surface area contributed by atoms with E-state index in [0.29, 0.717) is 6.61 Å². The second-order valence-corrected chi connectivity index (χ2v) is 4.48. The normalized spacial score (nSPS) is 12.4. The number of nitrogens with two attached hydrogens (primary N) is 1. The van der Waals surface area contributed by atoms with Crippen LogP contribution in [0.1, 0.15) is 32.8 Å². The van der Waals surface area contributed by atoms with Crippen LogP contribution in [0.25, 0.3) is 0 Å². The smallest absolute Gasteiger partial charge is 0.323 e. The zero-order valence-electron chi connectivity index (χ0n) is 12.1. The fourth-order valence-electron chi connectivity index (χ4n) is 2.11. The maximum Gasteiger partial charge on any atom is 0.323 e. The van der Waals surface area contributed by atoms with E-state index < -0.39 is 0 Å².